The molecule has 1 heterocycles. The van der Waals surface area contributed by atoms with Crippen LogP contribution in [0.3, 0.4) is 0 Å². The van der Waals surface area contributed by atoms with Crippen molar-refractivity contribution in [3.8, 4) is 0 Å². The van der Waals surface area contributed by atoms with Crippen molar-refractivity contribution in [1.29, 1.82) is 0 Å². The molecule has 184 valence electrons. The molecule has 0 aromatic heterocycles. The SMILES string of the molecule is Cc1ccc(C)c(S(=O)(=O)Nc2ccc(N3CCNCC3)c(C(=O)N(C)Cc3ccccc3)c2)c1. The van der Waals surface area contributed by atoms with E-state index >= 15 is 0 Å². The predicted molar refractivity (Wildman–Crippen MR) is 140 cm³/mol. The first-order chi connectivity index (χ1) is 16.7. The lowest BCUT2D eigenvalue weighted by atomic mass is 10.1. The fourth-order valence-corrected chi connectivity index (χ4v) is 5.67. The number of carbonyl (C=O) groups excluding carboxylic acids is 1. The Hall–Kier alpha value is -3.36. The molecule has 0 bridgehead atoms. The number of sulfonamides is 1. The molecule has 4 rings (SSSR count). The molecule has 0 radical (unpaired) electrons. The molecule has 0 spiro atoms. The van der Waals surface area contributed by atoms with E-state index in [0.717, 1.165) is 43.0 Å². The Kier molecular flexibility index (Phi) is 7.42. The second-order valence-electron chi connectivity index (χ2n) is 8.99. The van der Waals surface area contributed by atoms with Crippen LogP contribution in [0.5, 0.6) is 0 Å². The Balaban J connectivity index is 1.67. The van der Waals surface area contributed by atoms with E-state index in [4.69, 9.17) is 0 Å². The highest BCUT2D eigenvalue weighted by Gasteiger charge is 2.24. The molecule has 1 fully saturated rings. The first-order valence-electron chi connectivity index (χ1n) is 11.7. The van der Waals surface area contributed by atoms with Gasteiger partial charge >= 0.3 is 0 Å². The lowest BCUT2D eigenvalue weighted by molar-refractivity contribution is 0.0785. The van der Waals surface area contributed by atoms with Crippen LogP contribution in [-0.4, -0.2) is 52.5 Å². The molecular weight excluding hydrogens is 460 g/mol. The zero-order chi connectivity index (χ0) is 25.0. The molecule has 0 aliphatic carbocycles. The van der Waals surface area contributed by atoms with Gasteiger partial charge in [-0.3, -0.25) is 9.52 Å². The summed E-state index contributed by atoms with van der Waals surface area (Å²) in [5.41, 5.74) is 4.21. The number of aryl methyl sites for hydroxylation is 2. The van der Waals surface area contributed by atoms with Gasteiger partial charge < -0.3 is 15.1 Å². The maximum Gasteiger partial charge on any atom is 0.262 e. The van der Waals surface area contributed by atoms with Crippen LogP contribution in [0.25, 0.3) is 0 Å². The Labute approximate surface area is 207 Å². The van der Waals surface area contributed by atoms with Crippen molar-refractivity contribution in [3.05, 3.63) is 89.0 Å². The van der Waals surface area contributed by atoms with Gasteiger partial charge in [0, 0.05) is 51.1 Å². The average Bonchev–Trinajstić information content (AvgIpc) is 2.86. The third-order valence-electron chi connectivity index (χ3n) is 6.18. The standard InChI is InChI=1S/C27H32N4O3S/c1-20-9-10-21(2)26(17-20)35(33,34)29-23-11-12-25(31-15-13-28-14-16-31)24(18-23)27(32)30(3)19-22-7-5-4-6-8-22/h4-12,17-18,28-29H,13-16,19H2,1-3H3. The van der Waals surface area contributed by atoms with Crippen molar-refractivity contribution in [2.75, 3.05) is 42.8 Å². The average molecular weight is 493 g/mol. The van der Waals surface area contributed by atoms with Crippen molar-refractivity contribution in [1.82, 2.24) is 10.2 Å². The van der Waals surface area contributed by atoms with Crippen LogP contribution < -0.4 is 14.9 Å². The monoisotopic (exact) mass is 492 g/mol. The zero-order valence-electron chi connectivity index (χ0n) is 20.4. The molecule has 0 saturated carbocycles. The van der Waals surface area contributed by atoms with Gasteiger partial charge in [0.2, 0.25) is 0 Å². The first kappa shape index (κ1) is 24.8. The summed E-state index contributed by atoms with van der Waals surface area (Å²) in [4.78, 5) is 17.7. The number of hydrogen-bond donors (Lipinski definition) is 2. The van der Waals surface area contributed by atoms with Crippen LogP contribution in [0.4, 0.5) is 11.4 Å². The van der Waals surface area contributed by atoms with Gasteiger partial charge in [0.15, 0.2) is 0 Å². The van der Waals surface area contributed by atoms with Crippen LogP contribution in [-0.2, 0) is 16.6 Å². The molecule has 1 aliphatic rings. The number of anilines is 2. The summed E-state index contributed by atoms with van der Waals surface area (Å²) in [6.45, 7) is 7.30. The summed E-state index contributed by atoms with van der Waals surface area (Å²) < 4.78 is 29.1. The molecule has 1 aliphatic heterocycles. The van der Waals surface area contributed by atoms with Crippen LogP contribution in [0, 0.1) is 13.8 Å². The number of benzene rings is 3. The van der Waals surface area contributed by atoms with Crippen LogP contribution in [0.2, 0.25) is 0 Å². The van der Waals surface area contributed by atoms with Gasteiger partial charge in [0.25, 0.3) is 15.9 Å². The predicted octanol–water partition coefficient (Wildman–Crippen LogP) is 3.79. The van der Waals surface area contributed by atoms with E-state index in [1.165, 1.54) is 0 Å². The number of nitrogens with zero attached hydrogens (tertiary/aromatic N) is 2. The number of amides is 1. The molecule has 0 atom stereocenters. The highest BCUT2D eigenvalue weighted by atomic mass is 32.2. The molecule has 2 N–H and O–H groups in total. The summed E-state index contributed by atoms with van der Waals surface area (Å²) in [6.07, 6.45) is 0. The Morgan fingerprint density at radius 2 is 1.71 bits per heavy atom. The maximum absolute atomic E-state index is 13.6. The Morgan fingerprint density at radius 3 is 2.43 bits per heavy atom. The minimum absolute atomic E-state index is 0.157. The number of hydrogen-bond acceptors (Lipinski definition) is 5. The second kappa shape index (κ2) is 10.5. The van der Waals surface area contributed by atoms with E-state index in [2.05, 4.69) is 14.9 Å². The zero-order valence-corrected chi connectivity index (χ0v) is 21.2. The van der Waals surface area contributed by atoms with Crippen molar-refractivity contribution in [2.45, 2.75) is 25.3 Å². The first-order valence-corrected chi connectivity index (χ1v) is 13.2. The van der Waals surface area contributed by atoms with Crippen LogP contribution in [0.15, 0.2) is 71.6 Å². The van der Waals surface area contributed by atoms with Gasteiger partial charge in [-0.05, 0) is 54.8 Å². The van der Waals surface area contributed by atoms with Crippen molar-refractivity contribution in [2.24, 2.45) is 0 Å². The molecule has 1 saturated heterocycles. The van der Waals surface area contributed by atoms with Gasteiger partial charge in [-0.2, -0.15) is 0 Å². The lowest BCUT2D eigenvalue weighted by Crippen LogP contribution is -2.44. The van der Waals surface area contributed by atoms with Gasteiger partial charge in [0.05, 0.1) is 10.5 Å². The molecule has 35 heavy (non-hydrogen) atoms. The van der Waals surface area contributed by atoms with E-state index in [1.54, 1.807) is 43.1 Å². The van der Waals surface area contributed by atoms with E-state index < -0.39 is 10.0 Å². The maximum atomic E-state index is 13.6. The molecule has 8 heteroatoms. The van der Waals surface area contributed by atoms with Gasteiger partial charge in [-0.15, -0.1) is 0 Å². The molecule has 3 aromatic rings. The fraction of sp³-hybridized carbons (Fsp3) is 0.296. The molecule has 7 nitrogen and oxygen atoms in total. The minimum Gasteiger partial charge on any atom is -0.368 e. The van der Waals surface area contributed by atoms with E-state index in [9.17, 15) is 13.2 Å². The van der Waals surface area contributed by atoms with E-state index in [-0.39, 0.29) is 10.8 Å². The molecule has 1 amide bonds. The fourth-order valence-electron chi connectivity index (χ4n) is 4.29. The van der Waals surface area contributed by atoms with Gasteiger partial charge in [-0.1, -0.05) is 42.5 Å². The van der Waals surface area contributed by atoms with Gasteiger partial charge in [0.1, 0.15) is 0 Å². The third-order valence-corrected chi connectivity index (χ3v) is 7.70. The quantitative estimate of drug-likeness (QED) is 0.525. The highest BCUT2D eigenvalue weighted by Crippen LogP contribution is 2.28. The van der Waals surface area contributed by atoms with Crippen LogP contribution in [0.1, 0.15) is 27.0 Å². The number of carbonyl (C=O) groups is 1. The van der Waals surface area contributed by atoms with E-state index in [0.29, 0.717) is 23.4 Å². The van der Waals surface area contributed by atoms with Crippen molar-refractivity contribution < 1.29 is 13.2 Å². The minimum atomic E-state index is -3.81. The summed E-state index contributed by atoms with van der Waals surface area (Å²) in [7, 11) is -2.05. The molecular formula is C27H32N4O3S. The molecule has 3 aromatic carbocycles. The van der Waals surface area contributed by atoms with Gasteiger partial charge in [-0.25, -0.2) is 8.42 Å². The summed E-state index contributed by atoms with van der Waals surface area (Å²) in [6, 6.07) is 20.4. The second-order valence-corrected chi connectivity index (χ2v) is 10.6. The number of nitrogens with one attached hydrogen (secondary N) is 2. The van der Waals surface area contributed by atoms with Crippen molar-refractivity contribution >= 4 is 27.3 Å². The largest absolute Gasteiger partial charge is 0.368 e. The van der Waals surface area contributed by atoms with Crippen LogP contribution >= 0.6 is 0 Å². The summed E-state index contributed by atoms with van der Waals surface area (Å²) in [5, 5.41) is 3.33. The third kappa shape index (κ3) is 5.83. The highest BCUT2D eigenvalue weighted by molar-refractivity contribution is 7.92. The normalized spacial score (nSPS) is 14.0. The Bertz CT molecular complexity index is 1300. The molecule has 0 unspecified atom stereocenters. The lowest BCUT2D eigenvalue weighted by Gasteiger charge is -2.32. The smallest absolute Gasteiger partial charge is 0.262 e. The summed E-state index contributed by atoms with van der Waals surface area (Å²) >= 11 is 0. The Morgan fingerprint density at radius 1 is 1.00 bits per heavy atom. The van der Waals surface area contributed by atoms with Crippen molar-refractivity contribution in [3.63, 3.8) is 0 Å². The number of rotatable bonds is 7. The summed E-state index contributed by atoms with van der Waals surface area (Å²) in [5.74, 6) is -0.157. The van der Waals surface area contributed by atoms with E-state index in [1.807, 2.05) is 49.4 Å². The topological polar surface area (TPSA) is 81.8 Å². The number of piperazine rings is 1.